The van der Waals surface area contributed by atoms with Crippen LogP contribution in [0.2, 0.25) is 0 Å². The molecule has 3 amide bonds. The molecule has 19 nitrogen and oxygen atoms in total. The van der Waals surface area contributed by atoms with Gasteiger partial charge in [0.2, 0.25) is 11.8 Å². The van der Waals surface area contributed by atoms with E-state index in [4.69, 9.17) is 28.9 Å². The molecule has 12 rings (SSSR count). The van der Waals surface area contributed by atoms with E-state index in [-0.39, 0.29) is 90.4 Å². The number of aromatic hydroxyl groups is 1. The molecule has 0 aliphatic carbocycles. The van der Waals surface area contributed by atoms with Gasteiger partial charge in [0.25, 0.3) is 0 Å². The lowest BCUT2D eigenvalue weighted by Gasteiger charge is -2.54. The molecule has 0 radical (unpaired) electrons. The lowest BCUT2D eigenvalue weighted by atomic mass is 9.72. The molecule has 21 heteroatoms. The highest BCUT2D eigenvalue weighted by atomic mass is 32.1. The van der Waals surface area contributed by atoms with Crippen LogP contribution in [0.4, 0.5) is 20.8 Å². The average molecular weight is 1160 g/mol. The molecule has 0 saturated carbocycles. The number of hydrogen-bond acceptors (Lipinski definition) is 17. The predicted molar refractivity (Wildman–Crippen MR) is 319 cm³/mol. The summed E-state index contributed by atoms with van der Waals surface area (Å²) in [6, 6.07) is 17.9. The zero-order valence-corrected chi connectivity index (χ0v) is 49.6. The van der Waals surface area contributed by atoms with Crippen LogP contribution in [0, 0.1) is 24.1 Å². The SMILES string of the molecule is CCc1cccc2cc(O)cc(-c3ncc4c(N5CC6CCC(C5)N6C(=O)OC(C)(C)C)nc(OCCN5CCC6(CC5)CN(c5cc([C@@H](C(=O)N7C[C@H](O)C[C@H]7C(=O)NCc7ccc(-c8scnc8C)cc7)C(C)C)on5)C6)nc4c3F)c12. The van der Waals surface area contributed by atoms with Gasteiger partial charge in [-0.05, 0) is 118 Å². The summed E-state index contributed by atoms with van der Waals surface area (Å²) in [4.78, 5) is 71.5. The number of phenolic OH excluding ortho intramolecular Hbond substituents is 1. The summed E-state index contributed by atoms with van der Waals surface area (Å²) < 4.78 is 35.6. The Morgan fingerprint density at radius 1 is 0.964 bits per heavy atom. The fourth-order valence-electron chi connectivity index (χ4n) is 13.4. The van der Waals surface area contributed by atoms with Gasteiger partial charge >= 0.3 is 12.1 Å². The molecule has 84 heavy (non-hydrogen) atoms. The summed E-state index contributed by atoms with van der Waals surface area (Å²) >= 11 is 1.59. The number of piperazine rings is 1. The Morgan fingerprint density at radius 3 is 2.40 bits per heavy atom. The van der Waals surface area contributed by atoms with Crippen LogP contribution >= 0.6 is 11.3 Å². The van der Waals surface area contributed by atoms with Crippen LogP contribution in [-0.2, 0) is 27.3 Å². The first-order valence-corrected chi connectivity index (χ1v) is 30.4. The van der Waals surface area contributed by atoms with E-state index in [1.807, 2.05) is 107 Å². The molecule has 2 bridgehead atoms. The number of aromatic nitrogens is 5. The molecule has 7 aromatic rings. The number of aryl methyl sites for hydroxylation is 2. The zero-order valence-electron chi connectivity index (χ0n) is 48.8. The molecular weight excluding hydrogens is 1090 g/mol. The van der Waals surface area contributed by atoms with Crippen molar-refractivity contribution in [1.82, 2.24) is 45.1 Å². The van der Waals surface area contributed by atoms with E-state index in [0.717, 1.165) is 89.9 Å². The molecule has 3 N–H and O–H groups in total. The molecule has 442 valence electrons. The quantitative estimate of drug-likeness (QED) is 0.0872. The summed E-state index contributed by atoms with van der Waals surface area (Å²) in [7, 11) is 0. The minimum atomic E-state index is -0.831. The number of fused-ring (bicyclic) bond motifs is 4. The van der Waals surface area contributed by atoms with E-state index in [2.05, 4.69) is 30.2 Å². The van der Waals surface area contributed by atoms with Crippen molar-refractivity contribution >= 4 is 62.6 Å². The molecule has 5 fully saturated rings. The first kappa shape index (κ1) is 57.0. The third-order valence-corrected chi connectivity index (χ3v) is 18.7. The van der Waals surface area contributed by atoms with Crippen LogP contribution in [0.25, 0.3) is 43.4 Å². The van der Waals surface area contributed by atoms with Crippen molar-refractivity contribution in [3.8, 4) is 33.5 Å². The number of hydrogen-bond donors (Lipinski definition) is 3. The van der Waals surface area contributed by atoms with Gasteiger partial charge < -0.3 is 44.2 Å². The smallest absolute Gasteiger partial charge is 0.410 e. The highest BCUT2D eigenvalue weighted by Gasteiger charge is 2.48. The maximum atomic E-state index is 17.4. The second kappa shape index (κ2) is 22.8. The standard InChI is InChI=1S/C63H74FN11O8S/c1-8-39-10-9-11-41-24-44(76)25-46(52(39)41)54-53(64)55-47(29-65-54)57(72-30-42-16-17-43(31-72)75(42)61(80)82-62(5,6)7)69-60(68-55)81-23-22-71-20-18-63(19-21-71)33-73(34-63)50-27-49(83-70-50)51(36(2)3)59(79)74-32-45(77)26-48(74)58(78)66-28-38-12-14-40(15-13-38)56-37(4)67-35-84-56/h9-15,24-25,27,29,35-36,42-43,45,48,51,76-77H,8,16-23,26,28,30-34H2,1-7H3,(H,66,78)/t42?,43?,45-,48+,51+/m1/s1. The van der Waals surface area contributed by atoms with Crippen LogP contribution < -0.4 is 19.9 Å². The van der Waals surface area contributed by atoms with Gasteiger partial charge in [-0.3, -0.25) is 24.4 Å². The van der Waals surface area contributed by atoms with E-state index in [1.54, 1.807) is 29.7 Å². The minimum Gasteiger partial charge on any atom is -0.508 e. The molecule has 2 unspecified atom stereocenters. The Balaban J connectivity index is 0.688. The minimum absolute atomic E-state index is 0.00197. The number of likely N-dealkylation sites (tertiary alicyclic amines) is 2. The number of nitrogens with one attached hydrogen (secondary N) is 1. The molecule has 5 aliphatic rings. The van der Waals surface area contributed by atoms with Crippen molar-refractivity contribution in [2.45, 2.75) is 129 Å². The molecule has 4 aromatic heterocycles. The summed E-state index contributed by atoms with van der Waals surface area (Å²) in [5.41, 5.74) is 5.83. The Bertz CT molecular complexity index is 3600. The number of carbonyl (C=O) groups excluding carboxylic acids is 3. The Hall–Kier alpha value is -7.49. The highest BCUT2D eigenvalue weighted by molar-refractivity contribution is 7.13. The van der Waals surface area contributed by atoms with Crippen LogP contribution in [-0.4, -0.2) is 157 Å². The van der Waals surface area contributed by atoms with Gasteiger partial charge in [-0.25, -0.2) is 14.2 Å². The van der Waals surface area contributed by atoms with Crippen LogP contribution in [0.1, 0.15) is 102 Å². The van der Waals surface area contributed by atoms with E-state index >= 15 is 4.39 Å². The monoisotopic (exact) mass is 1160 g/mol. The van der Waals surface area contributed by atoms with E-state index in [0.29, 0.717) is 54.4 Å². The molecule has 3 aromatic carbocycles. The van der Waals surface area contributed by atoms with Gasteiger partial charge in [0.1, 0.15) is 46.9 Å². The Kier molecular flexibility index (Phi) is 15.5. The normalized spacial score (nSPS) is 21.0. The van der Waals surface area contributed by atoms with Gasteiger partial charge in [-0.15, -0.1) is 11.3 Å². The van der Waals surface area contributed by atoms with Gasteiger partial charge in [0.15, 0.2) is 17.4 Å². The number of ether oxygens (including phenoxy) is 2. The van der Waals surface area contributed by atoms with Gasteiger partial charge in [-0.1, -0.05) is 68.4 Å². The third-order valence-electron chi connectivity index (χ3n) is 17.7. The topological polar surface area (TPSA) is 216 Å². The van der Waals surface area contributed by atoms with Crippen molar-refractivity contribution in [1.29, 1.82) is 0 Å². The maximum Gasteiger partial charge on any atom is 0.410 e. The number of aliphatic hydroxyl groups excluding tert-OH is 1. The van der Waals surface area contributed by atoms with Gasteiger partial charge in [-0.2, -0.15) is 9.97 Å². The number of amides is 3. The number of nitrogens with zero attached hydrogens (tertiary/aromatic N) is 10. The number of piperidine rings is 1. The van der Waals surface area contributed by atoms with E-state index in [1.165, 1.54) is 4.90 Å². The fraction of sp³-hybridized carbons (Fsp3) is 0.492. The number of anilines is 2. The Morgan fingerprint density at radius 2 is 1.71 bits per heavy atom. The van der Waals surface area contributed by atoms with Crippen molar-refractivity contribution in [2.75, 3.05) is 68.8 Å². The summed E-state index contributed by atoms with van der Waals surface area (Å²) in [5, 5.41) is 31.1. The number of thiazole rings is 1. The largest absolute Gasteiger partial charge is 0.508 e. The van der Waals surface area contributed by atoms with Crippen molar-refractivity contribution < 1.29 is 43.0 Å². The highest BCUT2D eigenvalue weighted by Crippen LogP contribution is 2.45. The Labute approximate surface area is 492 Å². The molecule has 5 aliphatic heterocycles. The van der Waals surface area contributed by atoms with Crippen LogP contribution in [0.5, 0.6) is 11.8 Å². The number of benzene rings is 3. The number of halogens is 1. The number of carbonyl (C=O) groups is 3. The van der Waals surface area contributed by atoms with Gasteiger partial charge in [0.05, 0.1) is 39.7 Å². The first-order chi connectivity index (χ1) is 40.3. The van der Waals surface area contributed by atoms with Crippen LogP contribution in [0.15, 0.2) is 76.9 Å². The van der Waals surface area contributed by atoms with Crippen molar-refractivity contribution in [2.24, 2.45) is 11.3 Å². The third kappa shape index (κ3) is 11.2. The fourth-order valence-corrected chi connectivity index (χ4v) is 14.2. The van der Waals surface area contributed by atoms with E-state index < -0.39 is 29.5 Å². The lowest BCUT2D eigenvalue weighted by Crippen LogP contribution is -2.60. The second-order valence-corrected chi connectivity index (χ2v) is 25.8. The summed E-state index contributed by atoms with van der Waals surface area (Å²) in [6.45, 7) is 18.9. The first-order valence-electron chi connectivity index (χ1n) is 29.5. The van der Waals surface area contributed by atoms with Crippen molar-refractivity contribution in [3.05, 3.63) is 101 Å². The van der Waals surface area contributed by atoms with Gasteiger partial charge in [0, 0.05) is 75.5 Å². The molecule has 5 saturated heterocycles. The lowest BCUT2D eigenvalue weighted by molar-refractivity contribution is -0.141. The number of β-amino-alcohol motifs (C(OH)–C–C–N with tert-alkyl or cyclic N) is 1. The molecule has 9 heterocycles. The van der Waals surface area contributed by atoms with Crippen LogP contribution in [0.3, 0.4) is 0 Å². The number of phenols is 1. The summed E-state index contributed by atoms with van der Waals surface area (Å²) in [6.07, 6.45) is 4.81. The molecule has 5 atom stereocenters. The summed E-state index contributed by atoms with van der Waals surface area (Å²) in [5.74, 6) is -0.514. The molecular formula is C63H74FN11O8S. The van der Waals surface area contributed by atoms with Crippen molar-refractivity contribution in [3.63, 3.8) is 0 Å². The maximum absolute atomic E-state index is 17.4. The zero-order chi connectivity index (χ0) is 58.8. The van der Waals surface area contributed by atoms with E-state index in [9.17, 15) is 24.6 Å². The average Bonchev–Trinajstić information content (AvgIpc) is 2.80. The number of pyridine rings is 1. The molecule has 1 spiro atoms. The second-order valence-electron chi connectivity index (χ2n) is 25.0. The number of rotatable bonds is 15. The predicted octanol–water partition coefficient (Wildman–Crippen LogP) is 9.26. The number of aliphatic hydroxyl groups is 1.